The van der Waals surface area contributed by atoms with Crippen LogP contribution in [0.5, 0.6) is 0 Å². The third-order valence-electron chi connectivity index (χ3n) is 4.66. The van der Waals surface area contributed by atoms with E-state index in [-0.39, 0.29) is 5.41 Å². The first-order valence-corrected chi connectivity index (χ1v) is 7.26. The Morgan fingerprint density at radius 1 is 1.29 bits per heavy atom. The lowest BCUT2D eigenvalue weighted by Gasteiger charge is -2.47. The number of hydrogen-bond acceptors (Lipinski definition) is 0. The van der Waals surface area contributed by atoms with Crippen LogP contribution in [-0.2, 0) is 0 Å². The van der Waals surface area contributed by atoms with Gasteiger partial charge in [-0.2, -0.15) is 0 Å². The van der Waals surface area contributed by atoms with Gasteiger partial charge in [0.25, 0.3) is 0 Å². The van der Waals surface area contributed by atoms with Crippen molar-refractivity contribution >= 4 is 0 Å². The van der Waals surface area contributed by atoms with Crippen molar-refractivity contribution in [2.45, 2.75) is 67.2 Å². The molecule has 0 aromatic carbocycles. The number of rotatable bonds is 4. The van der Waals surface area contributed by atoms with E-state index in [9.17, 15) is 0 Å². The van der Waals surface area contributed by atoms with E-state index in [1.54, 1.807) is 11.1 Å². The maximum atomic E-state index is 4.34. The average molecular weight is 234 g/mol. The van der Waals surface area contributed by atoms with E-state index < -0.39 is 0 Å². The first-order valence-electron chi connectivity index (χ1n) is 7.26. The predicted molar refractivity (Wildman–Crippen MR) is 78.1 cm³/mol. The Morgan fingerprint density at radius 3 is 2.24 bits per heavy atom. The van der Waals surface area contributed by atoms with E-state index >= 15 is 0 Å². The lowest BCUT2D eigenvalue weighted by atomic mass is 9.57. The van der Waals surface area contributed by atoms with Gasteiger partial charge in [-0.1, -0.05) is 57.9 Å². The summed E-state index contributed by atoms with van der Waals surface area (Å²) in [5.74, 6) is 1.32. The first-order chi connectivity index (χ1) is 7.87. The monoisotopic (exact) mass is 234 g/mol. The Balaban J connectivity index is 3.41. The fourth-order valence-electron chi connectivity index (χ4n) is 3.99. The standard InChI is InChI=1S/C17H30/c1-8-15-10-9-11-17(13(4)5,14(6)7)16(15)12(2)3/h12,14H,4,8-11H2,1-3,5-7H3. The Kier molecular flexibility index (Phi) is 4.63. The molecule has 1 aliphatic carbocycles. The van der Waals surface area contributed by atoms with Crippen LogP contribution in [0.2, 0.25) is 0 Å². The number of allylic oxidation sites excluding steroid dienone is 3. The van der Waals surface area contributed by atoms with Gasteiger partial charge in [0.15, 0.2) is 0 Å². The molecule has 0 saturated heterocycles. The second kappa shape index (κ2) is 5.42. The lowest BCUT2D eigenvalue weighted by Crippen LogP contribution is -2.36. The van der Waals surface area contributed by atoms with Crippen molar-refractivity contribution in [3.05, 3.63) is 23.3 Å². The maximum Gasteiger partial charge on any atom is 0.0143 e. The third-order valence-corrected chi connectivity index (χ3v) is 4.66. The minimum Gasteiger partial charge on any atom is -0.0992 e. The van der Waals surface area contributed by atoms with E-state index in [1.807, 2.05) is 0 Å². The molecule has 0 aromatic heterocycles. The van der Waals surface area contributed by atoms with Gasteiger partial charge >= 0.3 is 0 Å². The van der Waals surface area contributed by atoms with Crippen LogP contribution < -0.4 is 0 Å². The molecule has 1 atom stereocenters. The van der Waals surface area contributed by atoms with Crippen LogP contribution >= 0.6 is 0 Å². The molecule has 0 aromatic rings. The topological polar surface area (TPSA) is 0 Å². The summed E-state index contributed by atoms with van der Waals surface area (Å²) in [4.78, 5) is 0. The molecule has 1 aliphatic rings. The normalized spacial score (nSPS) is 25.9. The molecule has 98 valence electrons. The third kappa shape index (κ3) is 2.37. The molecule has 0 amide bonds. The molecule has 1 rings (SSSR count). The zero-order valence-electron chi connectivity index (χ0n) is 12.7. The highest BCUT2D eigenvalue weighted by Gasteiger charge is 2.42. The van der Waals surface area contributed by atoms with Crippen molar-refractivity contribution in [1.29, 1.82) is 0 Å². The van der Waals surface area contributed by atoms with Crippen LogP contribution in [0.3, 0.4) is 0 Å². The molecule has 0 radical (unpaired) electrons. The SMILES string of the molecule is C=C(C)C1(C(C)C)CCCC(CC)=C1C(C)C. The summed E-state index contributed by atoms with van der Waals surface area (Å²) >= 11 is 0. The smallest absolute Gasteiger partial charge is 0.0143 e. The predicted octanol–water partition coefficient (Wildman–Crippen LogP) is 5.75. The van der Waals surface area contributed by atoms with Crippen molar-refractivity contribution in [2.75, 3.05) is 0 Å². The van der Waals surface area contributed by atoms with E-state index in [2.05, 4.69) is 48.1 Å². The zero-order valence-corrected chi connectivity index (χ0v) is 12.7. The molecule has 0 N–H and O–H groups in total. The Morgan fingerprint density at radius 2 is 1.88 bits per heavy atom. The largest absolute Gasteiger partial charge is 0.0992 e. The summed E-state index contributed by atoms with van der Waals surface area (Å²) in [5.41, 5.74) is 5.08. The van der Waals surface area contributed by atoms with Crippen LogP contribution in [-0.4, -0.2) is 0 Å². The summed E-state index contributed by atoms with van der Waals surface area (Å²) in [6.07, 6.45) is 5.17. The summed E-state index contributed by atoms with van der Waals surface area (Å²) in [6, 6.07) is 0. The quantitative estimate of drug-likeness (QED) is 0.543. The van der Waals surface area contributed by atoms with Crippen LogP contribution in [0, 0.1) is 17.3 Å². The van der Waals surface area contributed by atoms with Gasteiger partial charge in [-0.15, -0.1) is 0 Å². The molecule has 0 nitrogen and oxygen atoms in total. The average Bonchev–Trinajstić information content (AvgIpc) is 2.26. The highest BCUT2D eigenvalue weighted by Crippen LogP contribution is 2.53. The summed E-state index contributed by atoms with van der Waals surface area (Å²) in [5, 5.41) is 0. The molecule has 0 saturated carbocycles. The van der Waals surface area contributed by atoms with Crippen molar-refractivity contribution in [3.8, 4) is 0 Å². The lowest BCUT2D eigenvalue weighted by molar-refractivity contribution is 0.235. The molecular formula is C17H30. The molecule has 0 bridgehead atoms. The van der Waals surface area contributed by atoms with Crippen molar-refractivity contribution in [2.24, 2.45) is 17.3 Å². The Hall–Kier alpha value is -0.520. The molecule has 0 spiro atoms. The summed E-state index contributed by atoms with van der Waals surface area (Å²) in [7, 11) is 0. The molecule has 0 heteroatoms. The van der Waals surface area contributed by atoms with Crippen molar-refractivity contribution < 1.29 is 0 Å². The van der Waals surface area contributed by atoms with Gasteiger partial charge in [-0.3, -0.25) is 0 Å². The van der Waals surface area contributed by atoms with Crippen LogP contribution in [0.15, 0.2) is 23.3 Å². The molecule has 0 fully saturated rings. The van der Waals surface area contributed by atoms with E-state index in [0.29, 0.717) is 11.8 Å². The van der Waals surface area contributed by atoms with Gasteiger partial charge in [0.1, 0.15) is 0 Å². The number of hydrogen-bond donors (Lipinski definition) is 0. The maximum absolute atomic E-state index is 4.34. The van der Waals surface area contributed by atoms with Crippen LogP contribution in [0.25, 0.3) is 0 Å². The van der Waals surface area contributed by atoms with Gasteiger partial charge in [0, 0.05) is 5.41 Å². The molecule has 1 unspecified atom stereocenters. The van der Waals surface area contributed by atoms with Gasteiger partial charge < -0.3 is 0 Å². The summed E-state index contributed by atoms with van der Waals surface area (Å²) < 4.78 is 0. The highest BCUT2D eigenvalue weighted by atomic mass is 14.5. The minimum absolute atomic E-state index is 0.276. The molecule has 0 heterocycles. The fraction of sp³-hybridized carbons (Fsp3) is 0.765. The zero-order chi connectivity index (χ0) is 13.2. The second-order valence-corrected chi connectivity index (χ2v) is 6.29. The van der Waals surface area contributed by atoms with Crippen molar-refractivity contribution in [3.63, 3.8) is 0 Å². The second-order valence-electron chi connectivity index (χ2n) is 6.29. The molecular weight excluding hydrogens is 204 g/mol. The Bertz CT molecular complexity index is 317. The van der Waals surface area contributed by atoms with Gasteiger partial charge in [-0.05, 0) is 44.4 Å². The molecule has 17 heavy (non-hydrogen) atoms. The molecule has 0 aliphatic heterocycles. The van der Waals surface area contributed by atoms with Gasteiger partial charge in [0.2, 0.25) is 0 Å². The Labute approximate surface area is 108 Å². The summed E-state index contributed by atoms with van der Waals surface area (Å²) in [6.45, 7) is 18.3. The highest BCUT2D eigenvalue weighted by molar-refractivity contribution is 5.35. The minimum atomic E-state index is 0.276. The van der Waals surface area contributed by atoms with E-state index in [1.165, 1.54) is 31.3 Å². The van der Waals surface area contributed by atoms with Crippen molar-refractivity contribution in [1.82, 2.24) is 0 Å². The first kappa shape index (κ1) is 14.5. The van der Waals surface area contributed by atoms with Crippen LogP contribution in [0.4, 0.5) is 0 Å². The fourth-order valence-corrected chi connectivity index (χ4v) is 3.99. The van der Waals surface area contributed by atoms with Gasteiger partial charge in [-0.25, -0.2) is 0 Å². The van der Waals surface area contributed by atoms with E-state index in [4.69, 9.17) is 0 Å². The van der Waals surface area contributed by atoms with E-state index in [0.717, 1.165) is 0 Å². The van der Waals surface area contributed by atoms with Gasteiger partial charge in [0.05, 0.1) is 0 Å². The van der Waals surface area contributed by atoms with Crippen LogP contribution in [0.1, 0.15) is 67.2 Å².